The highest BCUT2D eigenvalue weighted by Crippen LogP contribution is 2.08. The average Bonchev–Trinajstić information content (AvgIpc) is 2.04. The van der Waals surface area contributed by atoms with E-state index in [9.17, 15) is 0 Å². The van der Waals surface area contributed by atoms with Crippen molar-refractivity contribution in [3.8, 4) is 0 Å². The van der Waals surface area contributed by atoms with Gasteiger partial charge in [-0.05, 0) is 17.7 Å². The molecule has 0 aliphatic carbocycles. The minimum atomic E-state index is 0.795. The third-order valence-electron chi connectivity index (χ3n) is 1.34. The van der Waals surface area contributed by atoms with Crippen molar-refractivity contribution >= 4 is 34.2 Å². The smallest absolute Gasteiger partial charge is 0.0482 e. The molecule has 0 aliphatic rings. The van der Waals surface area contributed by atoms with Crippen LogP contribution in [-0.4, -0.2) is 4.55 Å². The lowest BCUT2D eigenvalue weighted by Crippen LogP contribution is -2.09. The van der Waals surface area contributed by atoms with Crippen molar-refractivity contribution in [3.63, 3.8) is 0 Å². The van der Waals surface area contributed by atoms with Crippen LogP contribution in [0, 0.1) is 0 Å². The molecule has 0 fully saturated rings. The van der Waals surface area contributed by atoms with Gasteiger partial charge in [-0.1, -0.05) is 46.3 Å². The maximum atomic E-state index is 5.72. The van der Waals surface area contributed by atoms with Crippen molar-refractivity contribution in [2.45, 2.75) is 6.54 Å². The third-order valence-corrected chi connectivity index (χ3v) is 2.13. The van der Waals surface area contributed by atoms with Gasteiger partial charge >= 0.3 is 0 Å². The van der Waals surface area contributed by atoms with Crippen molar-refractivity contribution in [2.24, 2.45) is 0 Å². The summed E-state index contributed by atoms with van der Waals surface area (Å²) in [6.45, 7) is 0.917. The van der Waals surface area contributed by atoms with E-state index in [-0.39, 0.29) is 0 Å². The SMILES string of the molecule is Clc1ccc(CNCI)cc1. The predicted octanol–water partition coefficient (Wildman–Crippen LogP) is 2.82. The van der Waals surface area contributed by atoms with Gasteiger partial charge < -0.3 is 5.32 Å². The molecule has 0 bridgehead atoms. The molecule has 1 aromatic rings. The molecule has 0 heterocycles. The van der Waals surface area contributed by atoms with Crippen molar-refractivity contribution in [3.05, 3.63) is 34.9 Å². The average molecular weight is 282 g/mol. The molecule has 0 saturated carbocycles. The molecule has 0 amide bonds. The standard InChI is InChI=1S/C8H9ClIN/c9-8-3-1-7(2-4-8)5-11-6-10/h1-4,11H,5-6H2. The molecule has 1 nitrogen and oxygen atoms in total. The lowest BCUT2D eigenvalue weighted by atomic mass is 10.2. The van der Waals surface area contributed by atoms with Crippen LogP contribution in [0.4, 0.5) is 0 Å². The highest BCUT2D eigenvalue weighted by Gasteiger charge is 1.90. The van der Waals surface area contributed by atoms with Crippen molar-refractivity contribution in [1.29, 1.82) is 0 Å². The summed E-state index contributed by atoms with van der Waals surface area (Å²) in [7, 11) is 0. The van der Waals surface area contributed by atoms with Gasteiger partial charge in [0.25, 0.3) is 0 Å². The normalized spacial score (nSPS) is 10.0. The van der Waals surface area contributed by atoms with Crippen LogP contribution in [0.25, 0.3) is 0 Å². The van der Waals surface area contributed by atoms with E-state index in [0.717, 1.165) is 16.1 Å². The van der Waals surface area contributed by atoms with Crippen molar-refractivity contribution in [1.82, 2.24) is 5.32 Å². The molecule has 11 heavy (non-hydrogen) atoms. The van der Waals surface area contributed by atoms with Crippen LogP contribution in [0.3, 0.4) is 0 Å². The molecular formula is C8H9ClIN. The van der Waals surface area contributed by atoms with E-state index < -0.39 is 0 Å². The molecule has 0 radical (unpaired) electrons. The highest BCUT2D eigenvalue weighted by atomic mass is 127. The Labute approximate surface area is 85.3 Å². The van der Waals surface area contributed by atoms with Crippen LogP contribution in [0.15, 0.2) is 24.3 Å². The summed E-state index contributed by atoms with van der Waals surface area (Å²) in [5, 5.41) is 4.02. The lowest BCUT2D eigenvalue weighted by Gasteiger charge is -1.99. The topological polar surface area (TPSA) is 12.0 Å². The number of rotatable bonds is 3. The molecule has 1 N–H and O–H groups in total. The van der Waals surface area contributed by atoms with Crippen LogP contribution < -0.4 is 5.32 Å². The monoisotopic (exact) mass is 281 g/mol. The fourth-order valence-corrected chi connectivity index (χ4v) is 1.19. The van der Waals surface area contributed by atoms with Crippen molar-refractivity contribution in [2.75, 3.05) is 4.55 Å². The second-order valence-corrected chi connectivity index (χ2v) is 3.39. The van der Waals surface area contributed by atoms with Crippen molar-refractivity contribution < 1.29 is 0 Å². The number of hydrogen-bond acceptors (Lipinski definition) is 1. The van der Waals surface area contributed by atoms with Gasteiger partial charge in [0, 0.05) is 16.1 Å². The van der Waals surface area contributed by atoms with E-state index in [1.165, 1.54) is 5.56 Å². The fourth-order valence-electron chi connectivity index (χ4n) is 0.794. The number of alkyl halides is 1. The van der Waals surface area contributed by atoms with Crippen LogP contribution >= 0.6 is 34.2 Å². The Morgan fingerprint density at radius 3 is 2.45 bits per heavy atom. The van der Waals surface area contributed by atoms with Gasteiger partial charge in [0.1, 0.15) is 0 Å². The Morgan fingerprint density at radius 1 is 1.27 bits per heavy atom. The molecule has 0 unspecified atom stereocenters. The van der Waals surface area contributed by atoms with E-state index in [1.54, 1.807) is 0 Å². The van der Waals surface area contributed by atoms with Crippen LogP contribution in [0.2, 0.25) is 5.02 Å². The molecule has 60 valence electrons. The molecule has 0 saturated heterocycles. The van der Waals surface area contributed by atoms with E-state index in [4.69, 9.17) is 11.6 Å². The molecule has 1 aromatic carbocycles. The van der Waals surface area contributed by atoms with Crippen LogP contribution in [-0.2, 0) is 6.54 Å². The second-order valence-electron chi connectivity index (χ2n) is 2.19. The first-order valence-corrected chi connectivity index (χ1v) is 5.24. The molecule has 0 atom stereocenters. The van der Waals surface area contributed by atoms with Gasteiger partial charge in [0.2, 0.25) is 0 Å². The van der Waals surface area contributed by atoms with Crippen LogP contribution in [0.5, 0.6) is 0 Å². The zero-order valence-corrected chi connectivity index (χ0v) is 8.89. The maximum Gasteiger partial charge on any atom is 0.0482 e. The van der Waals surface area contributed by atoms with Crippen LogP contribution in [0.1, 0.15) is 5.56 Å². The first-order chi connectivity index (χ1) is 5.33. The van der Waals surface area contributed by atoms with Gasteiger partial charge in [-0.25, -0.2) is 0 Å². The number of benzene rings is 1. The number of nitrogens with one attached hydrogen (secondary N) is 1. The summed E-state index contributed by atoms with van der Waals surface area (Å²) in [5.41, 5.74) is 1.27. The maximum absolute atomic E-state index is 5.72. The summed E-state index contributed by atoms with van der Waals surface area (Å²) in [5.74, 6) is 0. The summed E-state index contributed by atoms with van der Waals surface area (Å²) >= 11 is 8.01. The van der Waals surface area contributed by atoms with E-state index >= 15 is 0 Å². The zero-order valence-electron chi connectivity index (χ0n) is 5.98. The summed E-state index contributed by atoms with van der Waals surface area (Å²) in [6, 6.07) is 7.88. The molecule has 0 aliphatic heterocycles. The third kappa shape index (κ3) is 3.40. The molecule has 0 spiro atoms. The second kappa shape index (κ2) is 4.95. The molecular weight excluding hydrogens is 272 g/mol. The van der Waals surface area contributed by atoms with Gasteiger partial charge in [-0.2, -0.15) is 0 Å². The first-order valence-electron chi connectivity index (χ1n) is 3.34. The number of halogens is 2. The lowest BCUT2D eigenvalue weighted by molar-refractivity contribution is 0.808. The van der Waals surface area contributed by atoms with Gasteiger partial charge in [-0.3, -0.25) is 0 Å². The first kappa shape index (κ1) is 9.29. The van der Waals surface area contributed by atoms with Gasteiger partial charge in [0.05, 0.1) is 0 Å². The minimum absolute atomic E-state index is 0.795. The largest absolute Gasteiger partial charge is 0.304 e. The fraction of sp³-hybridized carbons (Fsp3) is 0.250. The Morgan fingerprint density at radius 2 is 1.91 bits per heavy atom. The Kier molecular flexibility index (Phi) is 4.18. The molecule has 1 rings (SSSR count). The summed E-state index contributed by atoms with van der Waals surface area (Å²) < 4.78 is 0.973. The summed E-state index contributed by atoms with van der Waals surface area (Å²) in [6.07, 6.45) is 0. The van der Waals surface area contributed by atoms with E-state index in [0.29, 0.717) is 0 Å². The Hall–Kier alpha value is 0.200. The highest BCUT2D eigenvalue weighted by molar-refractivity contribution is 14.1. The van der Waals surface area contributed by atoms with Gasteiger partial charge in [-0.15, -0.1) is 0 Å². The quantitative estimate of drug-likeness (QED) is 0.510. The minimum Gasteiger partial charge on any atom is -0.304 e. The van der Waals surface area contributed by atoms with E-state index in [1.807, 2.05) is 24.3 Å². The van der Waals surface area contributed by atoms with E-state index in [2.05, 4.69) is 27.9 Å². The predicted molar refractivity (Wildman–Crippen MR) is 57.2 cm³/mol. The van der Waals surface area contributed by atoms with Gasteiger partial charge in [0.15, 0.2) is 0 Å². The zero-order chi connectivity index (χ0) is 8.10. The molecule has 3 heteroatoms. The molecule has 0 aromatic heterocycles. The number of hydrogen-bond donors (Lipinski definition) is 1. The Balaban J connectivity index is 2.52. The summed E-state index contributed by atoms with van der Waals surface area (Å²) in [4.78, 5) is 0. The Bertz CT molecular complexity index is 210.